The summed E-state index contributed by atoms with van der Waals surface area (Å²) < 4.78 is 28.0. The van der Waals surface area contributed by atoms with Crippen molar-refractivity contribution in [3.63, 3.8) is 0 Å². The number of carbonyl (C=O) groups excluding carboxylic acids is 1. The molecule has 3 rings (SSSR count). The zero-order valence-electron chi connectivity index (χ0n) is 14.3. The summed E-state index contributed by atoms with van der Waals surface area (Å²) in [5, 5.41) is 2.60. The summed E-state index contributed by atoms with van der Waals surface area (Å²) in [7, 11) is -2.28. The van der Waals surface area contributed by atoms with Crippen LogP contribution in [0, 0.1) is 6.57 Å². The number of fused-ring (bicyclic) bond motifs is 1. The molecule has 0 aliphatic heterocycles. The normalized spacial score (nSPS) is 12.7. The Labute approximate surface area is 152 Å². The Morgan fingerprint density at radius 3 is 2.69 bits per heavy atom. The smallest absolute Gasteiger partial charge is 0.260 e. The molecule has 0 spiro atoms. The summed E-state index contributed by atoms with van der Waals surface area (Å²) in [6.45, 7) is 8.93. The van der Waals surface area contributed by atoms with Gasteiger partial charge in [-0.1, -0.05) is 18.2 Å². The van der Waals surface area contributed by atoms with Gasteiger partial charge in [-0.2, -0.15) is 0 Å². The lowest BCUT2D eigenvalue weighted by Crippen LogP contribution is -2.20. The molecule has 1 aliphatic rings. The van der Waals surface area contributed by atoms with E-state index in [2.05, 4.69) is 14.9 Å². The average Bonchev–Trinajstić information content (AvgIpc) is 3.03. The van der Waals surface area contributed by atoms with E-state index in [1.54, 1.807) is 25.2 Å². The van der Waals surface area contributed by atoms with Gasteiger partial charge in [-0.15, -0.1) is 0 Å². The molecular weight excluding hydrogens is 350 g/mol. The van der Waals surface area contributed by atoms with Gasteiger partial charge < -0.3 is 5.32 Å². The van der Waals surface area contributed by atoms with Gasteiger partial charge in [-0.25, -0.2) is 13.3 Å². The highest BCUT2D eigenvalue weighted by molar-refractivity contribution is 7.92. The second-order valence-corrected chi connectivity index (χ2v) is 7.58. The minimum absolute atomic E-state index is 0.0257. The molecular formula is C19H17N3O3S. The number of rotatable bonds is 4. The molecule has 0 saturated heterocycles. The van der Waals surface area contributed by atoms with Gasteiger partial charge in [0, 0.05) is 12.6 Å². The summed E-state index contributed by atoms with van der Waals surface area (Å²) >= 11 is 0. The monoisotopic (exact) mass is 367 g/mol. The minimum atomic E-state index is -3.84. The first kappa shape index (κ1) is 17.7. The third-order valence-corrected chi connectivity index (χ3v) is 5.66. The summed E-state index contributed by atoms with van der Waals surface area (Å²) in [6.07, 6.45) is 2.51. The molecule has 0 unspecified atom stereocenters. The van der Waals surface area contributed by atoms with E-state index in [0.717, 1.165) is 16.7 Å². The van der Waals surface area contributed by atoms with E-state index in [9.17, 15) is 13.2 Å². The van der Waals surface area contributed by atoms with Crippen LogP contribution in [0.2, 0.25) is 0 Å². The summed E-state index contributed by atoms with van der Waals surface area (Å²) in [5.41, 5.74) is 3.69. The van der Waals surface area contributed by atoms with Crippen molar-refractivity contribution >= 4 is 32.9 Å². The molecule has 7 heteroatoms. The Kier molecular flexibility index (Phi) is 4.53. The van der Waals surface area contributed by atoms with Gasteiger partial charge in [0.2, 0.25) is 0 Å². The lowest BCUT2D eigenvalue weighted by atomic mass is 9.97. The molecule has 0 fully saturated rings. The van der Waals surface area contributed by atoms with E-state index in [-0.39, 0.29) is 16.5 Å². The number of hydrogen-bond donors (Lipinski definition) is 2. The van der Waals surface area contributed by atoms with Gasteiger partial charge in [0.05, 0.1) is 17.2 Å². The molecule has 0 heterocycles. The Balaban J connectivity index is 2.04. The fourth-order valence-corrected chi connectivity index (χ4v) is 4.14. The molecule has 26 heavy (non-hydrogen) atoms. The number of hydrogen-bond acceptors (Lipinski definition) is 3. The Hall–Kier alpha value is -3.11. The maximum absolute atomic E-state index is 12.7. The molecule has 2 aromatic carbocycles. The summed E-state index contributed by atoms with van der Waals surface area (Å²) in [6, 6.07) is 9.08. The molecule has 2 aromatic rings. The van der Waals surface area contributed by atoms with Crippen molar-refractivity contribution in [1.82, 2.24) is 5.32 Å². The van der Waals surface area contributed by atoms with Gasteiger partial charge in [-0.05, 0) is 54.3 Å². The Morgan fingerprint density at radius 2 is 2.00 bits per heavy atom. The average molecular weight is 367 g/mol. The number of sulfonamides is 1. The van der Waals surface area contributed by atoms with Crippen LogP contribution in [-0.2, 0) is 16.4 Å². The first-order valence-electron chi connectivity index (χ1n) is 7.93. The molecule has 2 N–H and O–H groups in total. The van der Waals surface area contributed by atoms with E-state index in [4.69, 9.17) is 6.57 Å². The first-order chi connectivity index (χ1) is 12.4. The van der Waals surface area contributed by atoms with Crippen LogP contribution >= 0.6 is 0 Å². The topological polar surface area (TPSA) is 79.6 Å². The minimum Gasteiger partial charge on any atom is -0.355 e. The molecule has 1 amide bonds. The van der Waals surface area contributed by atoms with Crippen molar-refractivity contribution in [1.29, 1.82) is 0 Å². The highest BCUT2D eigenvalue weighted by Gasteiger charge is 2.24. The van der Waals surface area contributed by atoms with E-state index >= 15 is 0 Å². The van der Waals surface area contributed by atoms with Crippen molar-refractivity contribution in [3.8, 4) is 0 Å². The lowest BCUT2D eigenvalue weighted by molar-refractivity contribution is 0.0963. The van der Waals surface area contributed by atoms with Gasteiger partial charge in [0.1, 0.15) is 0 Å². The van der Waals surface area contributed by atoms with Gasteiger partial charge in [0.15, 0.2) is 5.69 Å². The number of nitrogens with one attached hydrogen (secondary N) is 2. The maximum Gasteiger partial charge on any atom is 0.260 e. The highest BCUT2D eigenvalue weighted by atomic mass is 32.2. The van der Waals surface area contributed by atoms with E-state index in [0.29, 0.717) is 17.7 Å². The standard InChI is InChI=1S/C19H17N3O3S/c1-12-7-8-15-17(10-9-16(18(12)15)19(23)21-3)22-26(24,25)14-6-4-5-13(11-14)20-2/h4-7,9-11,22H,8H2,1,3H3,(H,21,23). The highest BCUT2D eigenvalue weighted by Crippen LogP contribution is 2.36. The van der Waals surface area contributed by atoms with Crippen LogP contribution in [0.4, 0.5) is 11.4 Å². The number of amides is 1. The quantitative estimate of drug-likeness (QED) is 0.813. The Morgan fingerprint density at radius 1 is 1.23 bits per heavy atom. The molecule has 0 aromatic heterocycles. The van der Waals surface area contributed by atoms with Crippen molar-refractivity contribution in [2.45, 2.75) is 18.2 Å². The molecule has 132 valence electrons. The predicted molar refractivity (Wildman–Crippen MR) is 101 cm³/mol. The third-order valence-electron chi connectivity index (χ3n) is 4.29. The molecule has 0 saturated carbocycles. The lowest BCUT2D eigenvalue weighted by Gasteiger charge is -2.16. The van der Waals surface area contributed by atoms with E-state index in [1.165, 1.54) is 18.2 Å². The number of nitrogens with zero attached hydrogens (tertiary/aromatic N) is 1. The number of benzene rings is 2. The summed E-state index contributed by atoms with van der Waals surface area (Å²) in [5.74, 6) is -0.213. The first-order valence-corrected chi connectivity index (χ1v) is 9.41. The van der Waals surface area contributed by atoms with Crippen LogP contribution in [0.1, 0.15) is 28.4 Å². The van der Waals surface area contributed by atoms with Gasteiger partial charge >= 0.3 is 0 Å². The SMILES string of the molecule is [C-]#[N+]c1cccc(S(=O)(=O)Nc2ccc(C(=O)NC)c3c2CC=C3C)c1. The van der Waals surface area contributed by atoms with E-state index in [1.807, 2.05) is 13.0 Å². The fraction of sp³-hybridized carbons (Fsp3) is 0.158. The summed E-state index contributed by atoms with van der Waals surface area (Å²) in [4.78, 5) is 15.4. The predicted octanol–water partition coefficient (Wildman–Crippen LogP) is 3.36. The van der Waals surface area contributed by atoms with Crippen LogP contribution in [-0.4, -0.2) is 21.4 Å². The van der Waals surface area contributed by atoms with Crippen molar-refractivity contribution in [2.24, 2.45) is 0 Å². The van der Waals surface area contributed by atoms with Crippen LogP contribution in [0.3, 0.4) is 0 Å². The number of allylic oxidation sites excluding steroid dienone is 2. The van der Waals surface area contributed by atoms with Crippen molar-refractivity contribution in [3.05, 3.63) is 70.6 Å². The molecule has 0 bridgehead atoms. The molecule has 0 atom stereocenters. The van der Waals surface area contributed by atoms with Crippen LogP contribution < -0.4 is 10.0 Å². The number of carbonyl (C=O) groups is 1. The maximum atomic E-state index is 12.7. The molecule has 0 radical (unpaired) electrons. The fourth-order valence-electron chi connectivity index (χ4n) is 3.01. The zero-order chi connectivity index (χ0) is 18.9. The molecule has 1 aliphatic carbocycles. The zero-order valence-corrected chi connectivity index (χ0v) is 15.1. The second-order valence-electron chi connectivity index (χ2n) is 5.90. The van der Waals surface area contributed by atoms with Crippen molar-refractivity contribution < 1.29 is 13.2 Å². The largest absolute Gasteiger partial charge is 0.355 e. The van der Waals surface area contributed by atoms with Crippen LogP contribution in [0.5, 0.6) is 0 Å². The second kappa shape index (κ2) is 6.65. The Bertz CT molecular complexity index is 1080. The van der Waals surface area contributed by atoms with Crippen LogP contribution in [0.25, 0.3) is 10.4 Å². The van der Waals surface area contributed by atoms with Crippen molar-refractivity contribution in [2.75, 3.05) is 11.8 Å². The third kappa shape index (κ3) is 3.07. The van der Waals surface area contributed by atoms with Gasteiger partial charge in [-0.3, -0.25) is 9.52 Å². The molecule has 6 nitrogen and oxygen atoms in total. The van der Waals surface area contributed by atoms with Crippen LogP contribution in [0.15, 0.2) is 47.4 Å². The number of anilines is 1. The van der Waals surface area contributed by atoms with Gasteiger partial charge in [0.25, 0.3) is 15.9 Å². The van der Waals surface area contributed by atoms with E-state index < -0.39 is 10.0 Å².